The summed E-state index contributed by atoms with van der Waals surface area (Å²) in [6.45, 7) is 2.82. The maximum absolute atomic E-state index is 11.9. The Morgan fingerprint density at radius 3 is 1.94 bits per heavy atom. The van der Waals surface area contributed by atoms with Crippen LogP contribution in [0.4, 0.5) is 0 Å². The van der Waals surface area contributed by atoms with Gasteiger partial charge in [0.15, 0.2) is 11.5 Å². The van der Waals surface area contributed by atoms with Crippen molar-refractivity contribution in [2.75, 3.05) is 6.54 Å². The van der Waals surface area contributed by atoms with Crippen LogP contribution in [0.5, 0.6) is 11.5 Å². The molecule has 0 spiro atoms. The lowest BCUT2D eigenvalue weighted by atomic mass is 10.1. The van der Waals surface area contributed by atoms with Crippen LogP contribution < -0.4 is 5.32 Å². The smallest absolute Gasteiger partial charge is 0.220 e. The zero-order valence-corrected chi connectivity index (χ0v) is 20.4. The Bertz CT molecular complexity index is 627. The minimum Gasteiger partial charge on any atom is -0.504 e. The van der Waals surface area contributed by atoms with Crippen molar-refractivity contribution in [1.82, 2.24) is 5.32 Å². The van der Waals surface area contributed by atoms with Crippen molar-refractivity contribution < 1.29 is 15.0 Å². The van der Waals surface area contributed by atoms with Gasteiger partial charge in [0, 0.05) is 13.0 Å². The van der Waals surface area contributed by atoms with Crippen LogP contribution in [0.1, 0.15) is 115 Å². The monoisotopic (exact) mass is 445 g/mol. The topological polar surface area (TPSA) is 69.6 Å². The molecule has 0 saturated carbocycles. The quantitative estimate of drug-likeness (QED) is 0.110. The van der Waals surface area contributed by atoms with E-state index < -0.39 is 0 Å². The van der Waals surface area contributed by atoms with Crippen molar-refractivity contribution in [3.8, 4) is 11.5 Å². The highest BCUT2D eigenvalue weighted by Crippen LogP contribution is 2.24. The molecule has 0 unspecified atom stereocenters. The van der Waals surface area contributed by atoms with E-state index in [0.29, 0.717) is 19.4 Å². The first-order valence-electron chi connectivity index (χ1n) is 13.1. The van der Waals surface area contributed by atoms with Crippen LogP contribution in [-0.2, 0) is 11.2 Å². The lowest BCUT2D eigenvalue weighted by molar-refractivity contribution is -0.121. The fraction of sp³-hybridized carbons (Fsp3) is 0.679. The Morgan fingerprint density at radius 1 is 0.781 bits per heavy atom. The first-order valence-corrected chi connectivity index (χ1v) is 13.1. The van der Waals surface area contributed by atoms with E-state index in [2.05, 4.69) is 24.4 Å². The Morgan fingerprint density at radius 2 is 1.34 bits per heavy atom. The van der Waals surface area contributed by atoms with Crippen molar-refractivity contribution in [3.05, 3.63) is 35.9 Å². The van der Waals surface area contributed by atoms with E-state index in [-0.39, 0.29) is 17.4 Å². The molecule has 1 aromatic carbocycles. The number of benzene rings is 1. The molecule has 0 bridgehead atoms. The van der Waals surface area contributed by atoms with Gasteiger partial charge in [-0.05, 0) is 56.2 Å². The lowest BCUT2D eigenvalue weighted by Gasteiger charge is -2.06. The molecule has 1 aromatic rings. The number of aromatic hydroxyl groups is 2. The van der Waals surface area contributed by atoms with Crippen molar-refractivity contribution in [3.63, 3.8) is 0 Å². The molecular weight excluding hydrogens is 398 g/mol. The Hall–Kier alpha value is -1.97. The van der Waals surface area contributed by atoms with Gasteiger partial charge in [-0.2, -0.15) is 0 Å². The van der Waals surface area contributed by atoms with E-state index >= 15 is 0 Å². The standard InChI is InChI=1S/C28H47NO3/c1-2-3-4-5-6-7-8-9-10-11-12-13-14-15-16-17-18-19-28(32)29-23-22-25-20-21-26(30)27(31)24-25/h11-12,20-21,24,30-31H,2-10,13-19,22-23H2,1H3,(H,29,32)/b12-11-. The zero-order chi connectivity index (χ0) is 23.3. The summed E-state index contributed by atoms with van der Waals surface area (Å²) in [5, 5.41) is 21.7. The second-order valence-corrected chi connectivity index (χ2v) is 8.96. The van der Waals surface area contributed by atoms with Gasteiger partial charge in [-0.15, -0.1) is 0 Å². The van der Waals surface area contributed by atoms with E-state index in [9.17, 15) is 15.0 Å². The molecule has 4 heteroatoms. The summed E-state index contributed by atoms with van der Waals surface area (Å²) in [7, 11) is 0. The van der Waals surface area contributed by atoms with Crippen molar-refractivity contribution in [1.29, 1.82) is 0 Å². The van der Waals surface area contributed by atoms with Gasteiger partial charge in [-0.1, -0.05) is 89.4 Å². The van der Waals surface area contributed by atoms with Crippen molar-refractivity contribution in [2.24, 2.45) is 0 Å². The van der Waals surface area contributed by atoms with Gasteiger partial charge in [0.05, 0.1) is 0 Å². The maximum Gasteiger partial charge on any atom is 0.220 e. The molecule has 32 heavy (non-hydrogen) atoms. The maximum atomic E-state index is 11.9. The average Bonchev–Trinajstić information content (AvgIpc) is 2.78. The van der Waals surface area contributed by atoms with Gasteiger partial charge in [0.25, 0.3) is 0 Å². The summed E-state index contributed by atoms with van der Waals surface area (Å²) in [5.74, 6) is -0.141. The van der Waals surface area contributed by atoms with Crippen molar-refractivity contribution in [2.45, 2.75) is 116 Å². The molecule has 3 N–H and O–H groups in total. The molecule has 1 amide bonds. The Balaban J connectivity index is 1.84. The number of carbonyl (C=O) groups excluding carboxylic acids is 1. The number of amides is 1. The molecule has 0 saturated heterocycles. The fourth-order valence-corrected chi connectivity index (χ4v) is 3.87. The highest BCUT2D eigenvalue weighted by molar-refractivity contribution is 5.75. The predicted octanol–water partition coefficient (Wildman–Crippen LogP) is 7.57. The molecule has 0 aromatic heterocycles. The SMILES string of the molecule is CCCCCCCCCC/C=C\CCCCCCCC(=O)NCCc1ccc(O)c(O)c1. The first-order chi connectivity index (χ1) is 15.6. The number of nitrogens with one attached hydrogen (secondary N) is 1. The number of unbranched alkanes of at least 4 members (excludes halogenated alkanes) is 13. The van der Waals surface area contributed by atoms with Crippen LogP contribution in [-0.4, -0.2) is 22.7 Å². The molecule has 0 aliphatic carbocycles. The zero-order valence-electron chi connectivity index (χ0n) is 20.4. The van der Waals surface area contributed by atoms with E-state index in [1.165, 1.54) is 95.6 Å². The van der Waals surface area contributed by atoms with Gasteiger partial charge >= 0.3 is 0 Å². The number of phenols is 2. The van der Waals surface area contributed by atoms with Crippen LogP contribution in [0.25, 0.3) is 0 Å². The summed E-state index contributed by atoms with van der Waals surface area (Å²) in [4.78, 5) is 11.9. The molecule has 1 rings (SSSR count). The molecule has 0 aliphatic heterocycles. The van der Waals surface area contributed by atoms with Crippen LogP contribution in [0.2, 0.25) is 0 Å². The molecule has 0 aliphatic rings. The number of rotatable bonds is 20. The summed E-state index contributed by atoms with van der Waals surface area (Å²) in [6, 6.07) is 4.76. The number of hydrogen-bond acceptors (Lipinski definition) is 3. The Labute approximate surface area is 196 Å². The van der Waals surface area contributed by atoms with Crippen LogP contribution >= 0.6 is 0 Å². The number of phenolic OH excluding ortho intramolecular Hbond substituents is 2. The summed E-state index contributed by atoms with van der Waals surface area (Å²) < 4.78 is 0. The highest BCUT2D eigenvalue weighted by atomic mass is 16.3. The third-order valence-corrected chi connectivity index (χ3v) is 5.94. The Kier molecular flexibility index (Phi) is 17.3. The largest absolute Gasteiger partial charge is 0.504 e. The minimum atomic E-state index is -0.118. The second kappa shape index (κ2) is 19.7. The molecule has 0 radical (unpaired) electrons. The number of hydrogen-bond donors (Lipinski definition) is 3. The lowest BCUT2D eigenvalue weighted by Crippen LogP contribution is -2.25. The predicted molar refractivity (Wildman–Crippen MR) is 135 cm³/mol. The third-order valence-electron chi connectivity index (χ3n) is 5.94. The normalized spacial score (nSPS) is 11.3. The minimum absolute atomic E-state index is 0.0943. The van der Waals surface area contributed by atoms with Crippen LogP contribution in [0.3, 0.4) is 0 Å². The summed E-state index contributed by atoms with van der Waals surface area (Å²) >= 11 is 0. The van der Waals surface area contributed by atoms with E-state index in [1.807, 2.05) is 0 Å². The fourth-order valence-electron chi connectivity index (χ4n) is 3.87. The van der Waals surface area contributed by atoms with E-state index in [1.54, 1.807) is 6.07 Å². The first kappa shape index (κ1) is 28.1. The van der Waals surface area contributed by atoms with E-state index in [0.717, 1.165) is 18.4 Å². The highest BCUT2D eigenvalue weighted by Gasteiger charge is 2.03. The molecule has 4 nitrogen and oxygen atoms in total. The van der Waals surface area contributed by atoms with Crippen molar-refractivity contribution >= 4 is 5.91 Å². The van der Waals surface area contributed by atoms with E-state index in [4.69, 9.17) is 0 Å². The summed E-state index contributed by atoms with van der Waals surface area (Å²) in [5.41, 5.74) is 0.896. The molecule has 0 heterocycles. The summed E-state index contributed by atoms with van der Waals surface area (Å²) in [6.07, 6.45) is 25.2. The van der Waals surface area contributed by atoms with Crippen LogP contribution in [0.15, 0.2) is 30.4 Å². The van der Waals surface area contributed by atoms with Gasteiger partial charge in [-0.25, -0.2) is 0 Å². The van der Waals surface area contributed by atoms with Gasteiger partial charge in [-0.3, -0.25) is 4.79 Å². The van der Waals surface area contributed by atoms with Gasteiger partial charge < -0.3 is 15.5 Å². The molecular formula is C28H47NO3. The second-order valence-electron chi connectivity index (χ2n) is 8.96. The van der Waals surface area contributed by atoms with Gasteiger partial charge in [0.1, 0.15) is 0 Å². The molecule has 182 valence electrons. The average molecular weight is 446 g/mol. The molecule has 0 fully saturated rings. The van der Waals surface area contributed by atoms with Gasteiger partial charge in [0.2, 0.25) is 5.91 Å². The number of allylic oxidation sites excluding steroid dienone is 2. The molecule has 0 atom stereocenters. The van der Waals surface area contributed by atoms with Crippen LogP contribution in [0, 0.1) is 0 Å². The third kappa shape index (κ3) is 15.8. The number of carbonyl (C=O) groups is 1.